The summed E-state index contributed by atoms with van der Waals surface area (Å²) in [7, 11) is 0. The minimum atomic E-state index is -0.698. The summed E-state index contributed by atoms with van der Waals surface area (Å²) in [5.74, 6) is -0.734. The van der Waals surface area contributed by atoms with Crippen molar-refractivity contribution in [3.63, 3.8) is 0 Å². The first kappa shape index (κ1) is 23.6. The van der Waals surface area contributed by atoms with Gasteiger partial charge in [0.2, 0.25) is 5.91 Å². The van der Waals surface area contributed by atoms with Crippen LogP contribution in [0.3, 0.4) is 0 Å². The summed E-state index contributed by atoms with van der Waals surface area (Å²) in [5.41, 5.74) is 1.81. The SMILES string of the molecule is Cc1ccc(Oc2ccc(N3C[C@H](C(=O)OCC(=O)c4ccc([N+](=O)[O-])cc4)CC3=O)cc2)cc1. The van der Waals surface area contributed by atoms with Crippen molar-refractivity contribution in [3.8, 4) is 11.5 Å². The molecule has 4 rings (SSSR count). The van der Waals surface area contributed by atoms with Crippen LogP contribution in [0, 0.1) is 23.0 Å². The van der Waals surface area contributed by atoms with Crippen molar-refractivity contribution in [3.05, 3.63) is 94.0 Å². The predicted molar refractivity (Wildman–Crippen MR) is 127 cm³/mol. The van der Waals surface area contributed by atoms with Crippen molar-refractivity contribution in [2.75, 3.05) is 18.1 Å². The third kappa shape index (κ3) is 5.70. The second kappa shape index (κ2) is 10.2. The van der Waals surface area contributed by atoms with Crippen molar-refractivity contribution in [1.82, 2.24) is 0 Å². The molecule has 1 amide bonds. The molecular weight excluding hydrogens is 452 g/mol. The number of ether oxygens (including phenoxy) is 2. The van der Waals surface area contributed by atoms with Gasteiger partial charge < -0.3 is 14.4 Å². The van der Waals surface area contributed by atoms with Crippen LogP contribution in [0.4, 0.5) is 11.4 Å². The molecule has 9 nitrogen and oxygen atoms in total. The van der Waals surface area contributed by atoms with Crippen LogP contribution in [-0.2, 0) is 14.3 Å². The fourth-order valence-corrected chi connectivity index (χ4v) is 3.66. The van der Waals surface area contributed by atoms with Crippen LogP contribution >= 0.6 is 0 Å². The molecule has 0 spiro atoms. The molecule has 1 fully saturated rings. The lowest BCUT2D eigenvalue weighted by atomic mass is 10.1. The zero-order valence-electron chi connectivity index (χ0n) is 18.9. The Labute approximate surface area is 201 Å². The monoisotopic (exact) mass is 474 g/mol. The lowest BCUT2D eigenvalue weighted by Gasteiger charge is -2.17. The summed E-state index contributed by atoms with van der Waals surface area (Å²) in [6, 6.07) is 19.7. The molecule has 0 bridgehead atoms. The molecular formula is C26H22N2O7. The summed E-state index contributed by atoms with van der Waals surface area (Å²) in [6.07, 6.45) is -0.0217. The van der Waals surface area contributed by atoms with Gasteiger partial charge in [0.05, 0.1) is 10.8 Å². The number of esters is 1. The van der Waals surface area contributed by atoms with Gasteiger partial charge in [0, 0.05) is 36.3 Å². The number of Topliss-reactive ketones (excluding diaryl/α,β-unsaturated/α-hetero) is 1. The average Bonchev–Trinajstić information content (AvgIpc) is 3.26. The van der Waals surface area contributed by atoms with E-state index in [1.165, 1.54) is 29.2 Å². The van der Waals surface area contributed by atoms with Crippen LogP contribution in [0.2, 0.25) is 0 Å². The number of carbonyl (C=O) groups is 3. The van der Waals surface area contributed by atoms with E-state index in [0.29, 0.717) is 17.2 Å². The molecule has 3 aromatic carbocycles. The standard InChI is InChI=1S/C26H22N2O7/c1-17-2-10-22(11-3-17)35-23-12-8-20(9-13-23)27-15-19(14-25(27)30)26(31)34-16-24(29)18-4-6-21(7-5-18)28(32)33/h2-13,19H,14-16H2,1H3/t19-/m1/s1. The van der Waals surface area contributed by atoms with Crippen molar-refractivity contribution in [2.24, 2.45) is 5.92 Å². The number of carbonyl (C=O) groups excluding carboxylic acids is 3. The number of rotatable bonds is 8. The molecule has 0 aromatic heterocycles. The first-order valence-electron chi connectivity index (χ1n) is 10.9. The topological polar surface area (TPSA) is 116 Å². The molecule has 35 heavy (non-hydrogen) atoms. The van der Waals surface area contributed by atoms with Gasteiger partial charge in [-0.3, -0.25) is 24.5 Å². The summed E-state index contributed by atoms with van der Waals surface area (Å²) in [5, 5.41) is 10.7. The van der Waals surface area contributed by atoms with E-state index in [9.17, 15) is 24.5 Å². The van der Waals surface area contributed by atoms with Gasteiger partial charge in [-0.2, -0.15) is 0 Å². The largest absolute Gasteiger partial charge is 0.457 e. The lowest BCUT2D eigenvalue weighted by Crippen LogP contribution is -2.27. The normalized spacial score (nSPS) is 15.1. The van der Waals surface area contributed by atoms with E-state index in [1.54, 1.807) is 24.3 Å². The smallest absolute Gasteiger partial charge is 0.311 e. The number of amides is 1. The summed E-state index contributed by atoms with van der Waals surface area (Å²) in [6.45, 7) is 1.62. The number of anilines is 1. The molecule has 9 heteroatoms. The molecule has 0 aliphatic carbocycles. The van der Waals surface area contributed by atoms with Crippen molar-refractivity contribution in [1.29, 1.82) is 0 Å². The molecule has 1 atom stereocenters. The van der Waals surface area contributed by atoms with Crippen LogP contribution in [0.1, 0.15) is 22.3 Å². The number of nitrogens with zero attached hydrogens (tertiary/aromatic N) is 2. The van der Waals surface area contributed by atoms with Gasteiger partial charge in [-0.05, 0) is 55.5 Å². The molecule has 1 aliphatic heterocycles. The maximum absolute atomic E-state index is 12.5. The lowest BCUT2D eigenvalue weighted by molar-refractivity contribution is -0.384. The van der Waals surface area contributed by atoms with Crippen LogP contribution in [0.5, 0.6) is 11.5 Å². The number of nitro groups is 1. The first-order chi connectivity index (χ1) is 16.8. The number of aryl methyl sites for hydroxylation is 1. The molecule has 0 unspecified atom stereocenters. The number of benzene rings is 3. The molecule has 3 aromatic rings. The number of hydrogen-bond donors (Lipinski definition) is 0. The maximum atomic E-state index is 12.5. The van der Waals surface area contributed by atoms with Gasteiger partial charge in [-0.25, -0.2) is 0 Å². The molecule has 1 aliphatic rings. The van der Waals surface area contributed by atoms with Crippen LogP contribution in [-0.4, -0.2) is 35.7 Å². The first-order valence-corrected chi connectivity index (χ1v) is 10.9. The molecule has 178 valence electrons. The third-order valence-corrected chi connectivity index (χ3v) is 5.61. The van der Waals surface area contributed by atoms with E-state index < -0.39 is 29.2 Å². The Morgan fingerprint density at radius 3 is 2.17 bits per heavy atom. The summed E-state index contributed by atoms with van der Waals surface area (Å²) in [4.78, 5) is 48.9. The van der Waals surface area contributed by atoms with Gasteiger partial charge in [0.25, 0.3) is 5.69 Å². The minimum Gasteiger partial charge on any atom is -0.457 e. The predicted octanol–water partition coefficient (Wildman–Crippen LogP) is 4.47. The number of nitro benzene ring substituents is 1. The van der Waals surface area contributed by atoms with Gasteiger partial charge >= 0.3 is 5.97 Å². The zero-order valence-corrected chi connectivity index (χ0v) is 18.9. The second-order valence-corrected chi connectivity index (χ2v) is 8.15. The summed E-state index contributed by atoms with van der Waals surface area (Å²) >= 11 is 0. The molecule has 0 saturated carbocycles. The van der Waals surface area contributed by atoms with Crippen LogP contribution < -0.4 is 9.64 Å². The van der Waals surface area contributed by atoms with Crippen molar-refractivity contribution in [2.45, 2.75) is 13.3 Å². The Hall–Kier alpha value is -4.53. The van der Waals surface area contributed by atoms with Crippen LogP contribution in [0.25, 0.3) is 0 Å². The fraction of sp³-hybridized carbons (Fsp3) is 0.192. The molecule has 0 radical (unpaired) electrons. The Balaban J connectivity index is 1.31. The van der Waals surface area contributed by atoms with Gasteiger partial charge in [0.15, 0.2) is 12.4 Å². The van der Waals surface area contributed by atoms with E-state index in [-0.39, 0.29) is 30.1 Å². The highest BCUT2D eigenvalue weighted by molar-refractivity contribution is 6.01. The van der Waals surface area contributed by atoms with Gasteiger partial charge in [-0.1, -0.05) is 17.7 Å². The minimum absolute atomic E-state index is 0.0217. The highest BCUT2D eigenvalue weighted by Gasteiger charge is 2.36. The van der Waals surface area contributed by atoms with Gasteiger partial charge in [-0.15, -0.1) is 0 Å². The fourth-order valence-electron chi connectivity index (χ4n) is 3.66. The number of non-ortho nitro benzene ring substituents is 1. The molecule has 1 heterocycles. The second-order valence-electron chi connectivity index (χ2n) is 8.15. The van der Waals surface area contributed by atoms with Crippen molar-refractivity contribution < 1.29 is 28.8 Å². The van der Waals surface area contributed by atoms with E-state index in [2.05, 4.69) is 0 Å². The maximum Gasteiger partial charge on any atom is 0.311 e. The Kier molecular flexibility index (Phi) is 6.86. The van der Waals surface area contributed by atoms with Crippen molar-refractivity contribution >= 4 is 29.0 Å². The van der Waals surface area contributed by atoms with E-state index >= 15 is 0 Å². The Morgan fingerprint density at radius 1 is 0.971 bits per heavy atom. The third-order valence-electron chi connectivity index (χ3n) is 5.61. The Bertz CT molecular complexity index is 1250. The highest BCUT2D eigenvalue weighted by atomic mass is 16.6. The van der Waals surface area contributed by atoms with E-state index in [1.807, 2.05) is 31.2 Å². The van der Waals surface area contributed by atoms with Crippen LogP contribution in [0.15, 0.2) is 72.8 Å². The van der Waals surface area contributed by atoms with E-state index in [4.69, 9.17) is 9.47 Å². The molecule has 0 N–H and O–H groups in total. The molecule has 1 saturated heterocycles. The summed E-state index contributed by atoms with van der Waals surface area (Å²) < 4.78 is 10.9. The Morgan fingerprint density at radius 2 is 1.57 bits per heavy atom. The van der Waals surface area contributed by atoms with E-state index in [0.717, 1.165) is 5.56 Å². The zero-order chi connectivity index (χ0) is 24.9. The average molecular weight is 474 g/mol. The highest BCUT2D eigenvalue weighted by Crippen LogP contribution is 2.29. The van der Waals surface area contributed by atoms with Gasteiger partial charge in [0.1, 0.15) is 11.5 Å². The quantitative estimate of drug-likeness (QED) is 0.205. The number of hydrogen-bond acceptors (Lipinski definition) is 7. The number of ketones is 1.